The van der Waals surface area contributed by atoms with Gasteiger partial charge in [0.1, 0.15) is 0 Å². The lowest BCUT2D eigenvalue weighted by molar-refractivity contribution is 0.877. The van der Waals surface area contributed by atoms with Gasteiger partial charge in [0, 0.05) is 17.3 Å². The first kappa shape index (κ1) is 14.4. The predicted octanol–water partition coefficient (Wildman–Crippen LogP) is 4.13. The quantitative estimate of drug-likeness (QED) is 0.819. The maximum absolute atomic E-state index is 6.24. The Morgan fingerprint density at radius 3 is 1.55 bits per heavy atom. The molecule has 2 nitrogen and oxygen atoms in total. The lowest BCUT2D eigenvalue weighted by Crippen LogP contribution is -2.09. The third-order valence-electron chi connectivity index (χ3n) is 4.09. The summed E-state index contributed by atoms with van der Waals surface area (Å²) < 4.78 is 0. The van der Waals surface area contributed by atoms with Gasteiger partial charge in [-0.2, -0.15) is 0 Å². The summed E-state index contributed by atoms with van der Waals surface area (Å²) in [7, 11) is 0. The maximum atomic E-state index is 6.24. The smallest absolute Gasteiger partial charge is 0.0355 e. The molecular formula is C18H24N2. The molecule has 0 aliphatic rings. The zero-order valence-electron chi connectivity index (χ0n) is 12.6. The van der Waals surface area contributed by atoms with E-state index in [-0.39, 0.29) is 5.92 Å². The van der Waals surface area contributed by atoms with Crippen LogP contribution in [0, 0.1) is 0 Å². The molecule has 0 spiro atoms. The van der Waals surface area contributed by atoms with Crippen molar-refractivity contribution in [1.82, 2.24) is 0 Å². The first-order valence-corrected chi connectivity index (χ1v) is 7.34. The highest BCUT2D eigenvalue weighted by Gasteiger charge is 2.19. The molecule has 2 rings (SSSR count). The number of nitrogens with two attached hydrogens (primary N) is 2. The molecule has 0 amide bonds. The number of hydrogen-bond acceptors (Lipinski definition) is 2. The molecule has 0 radical (unpaired) electrons. The van der Waals surface area contributed by atoms with E-state index in [2.05, 4.69) is 32.9 Å². The molecule has 0 saturated heterocycles. The van der Waals surface area contributed by atoms with Crippen molar-refractivity contribution >= 4 is 11.4 Å². The monoisotopic (exact) mass is 268 g/mol. The SMILES string of the molecule is CCc1cccc(N)c1C(C)c1c(N)cccc1CC. The normalized spacial score (nSPS) is 11.0. The predicted molar refractivity (Wildman–Crippen MR) is 88.0 cm³/mol. The largest absolute Gasteiger partial charge is 0.398 e. The first-order chi connectivity index (χ1) is 9.60. The molecule has 2 heteroatoms. The van der Waals surface area contributed by atoms with E-state index < -0.39 is 0 Å². The van der Waals surface area contributed by atoms with Gasteiger partial charge >= 0.3 is 0 Å². The van der Waals surface area contributed by atoms with Crippen LogP contribution in [0.2, 0.25) is 0 Å². The Bertz CT molecular complexity index is 549. The van der Waals surface area contributed by atoms with Gasteiger partial charge in [-0.25, -0.2) is 0 Å². The number of rotatable bonds is 4. The van der Waals surface area contributed by atoms with Gasteiger partial charge in [-0.3, -0.25) is 0 Å². The van der Waals surface area contributed by atoms with Crippen molar-refractivity contribution in [3.63, 3.8) is 0 Å². The fourth-order valence-corrected chi connectivity index (χ4v) is 3.08. The van der Waals surface area contributed by atoms with Gasteiger partial charge in [-0.05, 0) is 47.2 Å². The molecule has 106 valence electrons. The van der Waals surface area contributed by atoms with Gasteiger partial charge in [-0.15, -0.1) is 0 Å². The van der Waals surface area contributed by atoms with Crippen LogP contribution in [0.4, 0.5) is 11.4 Å². The average molecular weight is 268 g/mol. The molecule has 2 aromatic carbocycles. The van der Waals surface area contributed by atoms with Crippen LogP contribution >= 0.6 is 0 Å². The van der Waals surface area contributed by atoms with Crippen LogP contribution in [-0.2, 0) is 12.8 Å². The van der Waals surface area contributed by atoms with E-state index in [0.717, 1.165) is 24.2 Å². The minimum absolute atomic E-state index is 0.224. The molecule has 20 heavy (non-hydrogen) atoms. The molecule has 0 aromatic heterocycles. The van der Waals surface area contributed by atoms with Crippen molar-refractivity contribution in [3.05, 3.63) is 58.7 Å². The molecule has 0 saturated carbocycles. The standard InChI is InChI=1S/C18H24N2/c1-4-13-8-6-10-15(19)17(13)12(3)18-14(5-2)9-7-11-16(18)20/h6-12H,4-5,19-20H2,1-3H3. The molecule has 0 aliphatic heterocycles. The Morgan fingerprint density at radius 1 is 0.800 bits per heavy atom. The van der Waals surface area contributed by atoms with Crippen LogP contribution in [0.5, 0.6) is 0 Å². The maximum Gasteiger partial charge on any atom is 0.0355 e. The second-order valence-electron chi connectivity index (χ2n) is 5.27. The van der Waals surface area contributed by atoms with Gasteiger partial charge in [-0.1, -0.05) is 45.0 Å². The summed E-state index contributed by atoms with van der Waals surface area (Å²) in [4.78, 5) is 0. The molecule has 0 bridgehead atoms. The summed E-state index contributed by atoms with van der Waals surface area (Å²) in [6.45, 7) is 6.54. The van der Waals surface area contributed by atoms with E-state index in [1.807, 2.05) is 24.3 Å². The Morgan fingerprint density at radius 2 is 1.20 bits per heavy atom. The van der Waals surface area contributed by atoms with Crippen LogP contribution in [0.1, 0.15) is 48.9 Å². The third kappa shape index (κ3) is 2.51. The van der Waals surface area contributed by atoms with Crippen molar-refractivity contribution in [2.75, 3.05) is 11.5 Å². The van der Waals surface area contributed by atoms with Gasteiger partial charge in [0.2, 0.25) is 0 Å². The molecule has 4 N–H and O–H groups in total. The Balaban J connectivity index is 2.60. The third-order valence-corrected chi connectivity index (χ3v) is 4.09. The van der Waals surface area contributed by atoms with Gasteiger partial charge < -0.3 is 11.5 Å². The molecule has 2 aromatic rings. The van der Waals surface area contributed by atoms with Crippen molar-refractivity contribution in [1.29, 1.82) is 0 Å². The lowest BCUT2D eigenvalue weighted by Gasteiger charge is -2.22. The number of aryl methyl sites for hydroxylation is 2. The van der Waals surface area contributed by atoms with Gasteiger partial charge in [0.15, 0.2) is 0 Å². The Kier molecular flexibility index (Phi) is 4.33. The van der Waals surface area contributed by atoms with Crippen molar-refractivity contribution in [2.24, 2.45) is 0 Å². The first-order valence-electron chi connectivity index (χ1n) is 7.34. The summed E-state index contributed by atoms with van der Waals surface area (Å²) in [5.41, 5.74) is 19.3. The zero-order chi connectivity index (χ0) is 14.7. The second kappa shape index (κ2) is 6.00. The van der Waals surface area contributed by atoms with Crippen molar-refractivity contribution in [3.8, 4) is 0 Å². The average Bonchev–Trinajstić information content (AvgIpc) is 2.45. The van der Waals surface area contributed by atoms with Crippen molar-refractivity contribution < 1.29 is 0 Å². The second-order valence-corrected chi connectivity index (χ2v) is 5.27. The van der Waals surface area contributed by atoms with E-state index >= 15 is 0 Å². The molecule has 0 heterocycles. The fraction of sp³-hybridized carbons (Fsp3) is 0.333. The number of hydrogen-bond donors (Lipinski definition) is 2. The van der Waals surface area contributed by atoms with E-state index in [9.17, 15) is 0 Å². The van der Waals surface area contributed by atoms with Crippen LogP contribution < -0.4 is 11.5 Å². The van der Waals surface area contributed by atoms with Crippen LogP contribution in [0.3, 0.4) is 0 Å². The van der Waals surface area contributed by atoms with E-state index in [1.165, 1.54) is 22.3 Å². The summed E-state index contributed by atoms with van der Waals surface area (Å²) in [6.07, 6.45) is 1.97. The van der Waals surface area contributed by atoms with E-state index in [1.54, 1.807) is 0 Å². The molecule has 0 atom stereocenters. The molecule has 0 aliphatic carbocycles. The number of benzene rings is 2. The van der Waals surface area contributed by atoms with Gasteiger partial charge in [0.25, 0.3) is 0 Å². The summed E-state index contributed by atoms with van der Waals surface area (Å²) >= 11 is 0. The Hall–Kier alpha value is -1.96. The van der Waals surface area contributed by atoms with Crippen LogP contribution in [-0.4, -0.2) is 0 Å². The molecule has 0 unspecified atom stereocenters. The Labute approximate surface area is 121 Å². The summed E-state index contributed by atoms with van der Waals surface area (Å²) in [5.74, 6) is 0.224. The van der Waals surface area contributed by atoms with E-state index in [0.29, 0.717) is 0 Å². The number of nitrogen functional groups attached to an aromatic ring is 2. The minimum Gasteiger partial charge on any atom is -0.398 e. The summed E-state index contributed by atoms with van der Waals surface area (Å²) in [6, 6.07) is 12.3. The highest BCUT2D eigenvalue weighted by molar-refractivity contribution is 5.61. The van der Waals surface area contributed by atoms with Crippen molar-refractivity contribution in [2.45, 2.75) is 39.5 Å². The molecule has 0 fully saturated rings. The highest BCUT2D eigenvalue weighted by Crippen LogP contribution is 2.36. The summed E-state index contributed by atoms with van der Waals surface area (Å²) in [5, 5.41) is 0. The fourth-order valence-electron chi connectivity index (χ4n) is 3.08. The zero-order valence-corrected chi connectivity index (χ0v) is 12.6. The minimum atomic E-state index is 0.224. The van der Waals surface area contributed by atoms with Crippen LogP contribution in [0.15, 0.2) is 36.4 Å². The lowest BCUT2D eigenvalue weighted by atomic mass is 9.84. The highest BCUT2D eigenvalue weighted by atomic mass is 14.6. The topological polar surface area (TPSA) is 52.0 Å². The van der Waals surface area contributed by atoms with E-state index in [4.69, 9.17) is 11.5 Å². The van der Waals surface area contributed by atoms with Crippen LogP contribution in [0.25, 0.3) is 0 Å². The van der Waals surface area contributed by atoms with Gasteiger partial charge in [0.05, 0.1) is 0 Å². The molecular weight excluding hydrogens is 244 g/mol. The number of anilines is 2.